The zero-order valence-electron chi connectivity index (χ0n) is 8.61. The van der Waals surface area contributed by atoms with Crippen LogP contribution in [0, 0.1) is 5.92 Å². The third-order valence-electron chi connectivity index (χ3n) is 2.65. The van der Waals surface area contributed by atoms with Gasteiger partial charge in [-0.1, -0.05) is 0 Å². The van der Waals surface area contributed by atoms with E-state index in [0.29, 0.717) is 5.75 Å². The summed E-state index contributed by atoms with van der Waals surface area (Å²) in [6.45, 7) is 2.21. The lowest BCUT2D eigenvalue weighted by Crippen LogP contribution is -2.28. The fourth-order valence-corrected chi connectivity index (χ4v) is 2.74. The van der Waals surface area contributed by atoms with Crippen LogP contribution in [-0.2, 0) is 0 Å². The zero-order valence-corrected chi connectivity index (χ0v) is 9.43. The molecular formula is C10H21NO2S. The van der Waals surface area contributed by atoms with E-state index in [1.807, 2.05) is 0 Å². The Hall–Kier alpha value is 0.230. The second-order valence-electron chi connectivity index (χ2n) is 3.89. The maximum Gasteiger partial charge on any atom is 0.0861 e. The van der Waals surface area contributed by atoms with Crippen LogP contribution in [0.3, 0.4) is 0 Å². The van der Waals surface area contributed by atoms with Crippen LogP contribution in [0.25, 0.3) is 0 Å². The van der Waals surface area contributed by atoms with E-state index in [0.717, 1.165) is 24.8 Å². The molecule has 0 aromatic rings. The number of aliphatic hydroxyl groups is 2. The average molecular weight is 219 g/mol. The second kappa shape index (κ2) is 7.51. The lowest BCUT2D eigenvalue weighted by Gasteiger charge is -2.22. The molecule has 0 bridgehead atoms. The molecule has 1 aliphatic heterocycles. The monoisotopic (exact) mass is 219 g/mol. The fourth-order valence-electron chi connectivity index (χ4n) is 1.69. The number of rotatable bonds is 6. The number of nitrogens with one attached hydrogen (secondary N) is 1. The van der Waals surface area contributed by atoms with Crippen LogP contribution in [0.1, 0.15) is 19.3 Å². The fraction of sp³-hybridized carbons (Fsp3) is 1.00. The minimum atomic E-state index is -0.534. The molecule has 0 aromatic heterocycles. The smallest absolute Gasteiger partial charge is 0.0861 e. The van der Waals surface area contributed by atoms with Gasteiger partial charge in [-0.25, -0.2) is 0 Å². The van der Waals surface area contributed by atoms with E-state index in [-0.39, 0.29) is 6.61 Å². The molecule has 84 valence electrons. The van der Waals surface area contributed by atoms with E-state index >= 15 is 0 Å². The molecule has 1 saturated heterocycles. The summed E-state index contributed by atoms with van der Waals surface area (Å²) in [7, 11) is 0. The van der Waals surface area contributed by atoms with Crippen LogP contribution in [0.4, 0.5) is 0 Å². The molecule has 4 heteroatoms. The van der Waals surface area contributed by atoms with E-state index in [2.05, 4.69) is 5.32 Å². The first-order valence-corrected chi connectivity index (χ1v) is 6.55. The van der Waals surface area contributed by atoms with Gasteiger partial charge in [0.15, 0.2) is 0 Å². The molecule has 0 amide bonds. The van der Waals surface area contributed by atoms with Crippen molar-refractivity contribution >= 4 is 11.8 Å². The number of aliphatic hydroxyl groups excluding tert-OH is 2. The Labute approximate surface area is 90.3 Å². The summed E-state index contributed by atoms with van der Waals surface area (Å²) in [5.41, 5.74) is 0. The predicted molar refractivity (Wildman–Crippen MR) is 60.6 cm³/mol. The summed E-state index contributed by atoms with van der Waals surface area (Å²) in [5.74, 6) is 2.65. The van der Waals surface area contributed by atoms with Gasteiger partial charge in [-0.2, -0.15) is 11.8 Å². The van der Waals surface area contributed by atoms with Crippen molar-refractivity contribution in [3.05, 3.63) is 0 Å². The Balaban J connectivity index is 1.92. The lowest BCUT2D eigenvalue weighted by atomic mass is 9.96. The molecule has 1 fully saturated rings. The quantitative estimate of drug-likeness (QED) is 0.568. The first-order valence-electron chi connectivity index (χ1n) is 5.40. The van der Waals surface area contributed by atoms with Gasteiger partial charge in [0.05, 0.1) is 12.7 Å². The maximum absolute atomic E-state index is 9.11. The van der Waals surface area contributed by atoms with Gasteiger partial charge in [0.2, 0.25) is 0 Å². The van der Waals surface area contributed by atoms with Gasteiger partial charge in [-0.05, 0) is 44.0 Å². The van der Waals surface area contributed by atoms with Gasteiger partial charge in [-0.15, -0.1) is 0 Å². The molecule has 1 atom stereocenters. The van der Waals surface area contributed by atoms with E-state index in [1.165, 1.54) is 19.3 Å². The molecule has 0 spiro atoms. The zero-order chi connectivity index (χ0) is 10.2. The second-order valence-corrected chi connectivity index (χ2v) is 5.04. The molecule has 14 heavy (non-hydrogen) atoms. The van der Waals surface area contributed by atoms with Gasteiger partial charge < -0.3 is 15.5 Å². The van der Waals surface area contributed by atoms with Crippen LogP contribution in [0.5, 0.6) is 0 Å². The SMILES string of the molecule is OCC(O)CSCCC1CCNCC1. The highest BCUT2D eigenvalue weighted by Gasteiger charge is 2.12. The van der Waals surface area contributed by atoms with E-state index in [1.54, 1.807) is 11.8 Å². The van der Waals surface area contributed by atoms with Gasteiger partial charge in [0.25, 0.3) is 0 Å². The summed E-state index contributed by atoms with van der Waals surface area (Å²) >= 11 is 1.75. The summed E-state index contributed by atoms with van der Waals surface area (Å²) in [5, 5.41) is 21.1. The molecular weight excluding hydrogens is 198 g/mol. The average Bonchev–Trinajstić information content (AvgIpc) is 2.25. The Kier molecular flexibility index (Phi) is 6.60. The predicted octanol–water partition coefficient (Wildman–Crippen LogP) is 0.462. The number of thioether (sulfide) groups is 1. The Morgan fingerprint density at radius 2 is 2.07 bits per heavy atom. The van der Waals surface area contributed by atoms with Crippen molar-refractivity contribution in [1.29, 1.82) is 0 Å². The van der Waals surface area contributed by atoms with Crippen LogP contribution < -0.4 is 5.32 Å². The van der Waals surface area contributed by atoms with Crippen molar-refractivity contribution in [2.24, 2.45) is 5.92 Å². The highest BCUT2D eigenvalue weighted by molar-refractivity contribution is 7.99. The van der Waals surface area contributed by atoms with Crippen LogP contribution in [0.15, 0.2) is 0 Å². The van der Waals surface area contributed by atoms with Gasteiger partial charge in [0, 0.05) is 5.75 Å². The summed E-state index contributed by atoms with van der Waals surface area (Å²) in [4.78, 5) is 0. The molecule has 3 N–H and O–H groups in total. The van der Waals surface area contributed by atoms with Crippen molar-refractivity contribution in [2.75, 3.05) is 31.2 Å². The third-order valence-corrected chi connectivity index (χ3v) is 3.80. The van der Waals surface area contributed by atoms with Gasteiger partial charge in [0.1, 0.15) is 0 Å². The number of piperidine rings is 1. The number of hydrogen-bond donors (Lipinski definition) is 3. The summed E-state index contributed by atoms with van der Waals surface area (Å²) < 4.78 is 0. The molecule has 0 radical (unpaired) electrons. The van der Waals surface area contributed by atoms with E-state index in [9.17, 15) is 0 Å². The number of hydrogen-bond acceptors (Lipinski definition) is 4. The lowest BCUT2D eigenvalue weighted by molar-refractivity contribution is 0.113. The topological polar surface area (TPSA) is 52.5 Å². The van der Waals surface area contributed by atoms with E-state index < -0.39 is 6.10 Å². The molecule has 1 rings (SSSR count). The normalized spacial score (nSPS) is 21.0. The van der Waals surface area contributed by atoms with Gasteiger partial charge >= 0.3 is 0 Å². The largest absolute Gasteiger partial charge is 0.394 e. The molecule has 1 aliphatic rings. The Morgan fingerprint density at radius 1 is 1.36 bits per heavy atom. The molecule has 0 aromatic carbocycles. The standard InChI is InChI=1S/C10H21NO2S/c12-7-10(13)8-14-6-3-9-1-4-11-5-2-9/h9-13H,1-8H2. The first-order chi connectivity index (χ1) is 6.83. The van der Waals surface area contributed by atoms with Crippen molar-refractivity contribution in [3.63, 3.8) is 0 Å². The molecule has 1 heterocycles. The minimum Gasteiger partial charge on any atom is -0.394 e. The molecule has 0 aliphatic carbocycles. The highest BCUT2D eigenvalue weighted by atomic mass is 32.2. The van der Waals surface area contributed by atoms with Crippen LogP contribution in [0.2, 0.25) is 0 Å². The maximum atomic E-state index is 9.11. The molecule has 3 nitrogen and oxygen atoms in total. The van der Waals surface area contributed by atoms with Crippen molar-refractivity contribution in [1.82, 2.24) is 5.32 Å². The van der Waals surface area contributed by atoms with Gasteiger partial charge in [-0.3, -0.25) is 0 Å². The summed E-state index contributed by atoms with van der Waals surface area (Å²) in [6.07, 6.45) is 3.31. The van der Waals surface area contributed by atoms with Crippen LogP contribution in [-0.4, -0.2) is 47.5 Å². The Bertz CT molecular complexity index is 140. The van der Waals surface area contributed by atoms with Crippen molar-refractivity contribution < 1.29 is 10.2 Å². The molecule has 0 saturated carbocycles. The highest BCUT2D eigenvalue weighted by Crippen LogP contribution is 2.18. The Morgan fingerprint density at radius 3 is 2.71 bits per heavy atom. The molecule has 1 unspecified atom stereocenters. The van der Waals surface area contributed by atoms with Crippen molar-refractivity contribution in [3.8, 4) is 0 Å². The minimum absolute atomic E-state index is 0.111. The summed E-state index contributed by atoms with van der Waals surface area (Å²) in [6, 6.07) is 0. The third kappa shape index (κ3) is 5.20. The first kappa shape index (κ1) is 12.3. The van der Waals surface area contributed by atoms with Crippen LogP contribution >= 0.6 is 11.8 Å². The van der Waals surface area contributed by atoms with E-state index in [4.69, 9.17) is 10.2 Å². The van der Waals surface area contributed by atoms with Crippen molar-refractivity contribution in [2.45, 2.75) is 25.4 Å².